The first-order valence-corrected chi connectivity index (χ1v) is 10.2. The van der Waals surface area contributed by atoms with Crippen LogP contribution < -0.4 is 21.1 Å². The van der Waals surface area contributed by atoms with E-state index < -0.39 is 0 Å². The lowest BCUT2D eigenvalue weighted by atomic mass is 9.96. The number of amides is 1. The summed E-state index contributed by atoms with van der Waals surface area (Å²) in [5, 5.41) is 0. The van der Waals surface area contributed by atoms with Gasteiger partial charge in [-0.05, 0) is 49.4 Å². The van der Waals surface area contributed by atoms with Crippen molar-refractivity contribution in [2.75, 3.05) is 50.8 Å². The molecule has 1 aromatic carbocycles. The highest BCUT2D eigenvalue weighted by Gasteiger charge is 2.26. The number of hydrogen-bond donors (Lipinski definition) is 2. The summed E-state index contributed by atoms with van der Waals surface area (Å²) < 4.78 is 5.55. The van der Waals surface area contributed by atoms with E-state index in [2.05, 4.69) is 35.9 Å². The van der Waals surface area contributed by atoms with Gasteiger partial charge in [-0.3, -0.25) is 9.79 Å². The Morgan fingerprint density at radius 2 is 1.96 bits per heavy atom. The van der Waals surface area contributed by atoms with Gasteiger partial charge in [-0.2, -0.15) is 0 Å². The minimum Gasteiger partial charge on any atom is -0.494 e. The molecule has 7 heteroatoms. The van der Waals surface area contributed by atoms with Crippen molar-refractivity contribution in [2.45, 2.75) is 27.2 Å². The third kappa shape index (κ3) is 6.71. The van der Waals surface area contributed by atoms with Gasteiger partial charge in [0.15, 0.2) is 0 Å². The number of aliphatic imine (C=N–C) groups is 1. The molecule has 1 amide bonds. The van der Waals surface area contributed by atoms with Crippen LogP contribution in [0.25, 0.3) is 0 Å². The lowest BCUT2D eigenvalue weighted by molar-refractivity contribution is -0.129. The van der Waals surface area contributed by atoms with Crippen molar-refractivity contribution in [2.24, 2.45) is 28.3 Å². The number of anilines is 1. The van der Waals surface area contributed by atoms with Crippen molar-refractivity contribution in [1.29, 1.82) is 0 Å². The normalized spacial score (nSPS) is 18.3. The van der Waals surface area contributed by atoms with E-state index in [1.54, 1.807) is 0 Å². The van der Waals surface area contributed by atoms with Crippen LogP contribution in [0.3, 0.4) is 0 Å². The number of amidine groups is 1. The molecule has 1 aliphatic rings. The number of ether oxygens (including phenoxy) is 1. The Hall–Kier alpha value is -2.28. The zero-order valence-electron chi connectivity index (χ0n) is 17.4. The van der Waals surface area contributed by atoms with Gasteiger partial charge in [0.25, 0.3) is 0 Å². The smallest absolute Gasteiger partial charge is 0.244 e. The minimum atomic E-state index is 0.0127. The average molecular weight is 390 g/mol. The molecule has 4 N–H and O–H groups in total. The summed E-state index contributed by atoms with van der Waals surface area (Å²) >= 11 is 0. The third-order valence-corrected chi connectivity index (χ3v) is 4.89. The van der Waals surface area contributed by atoms with Crippen LogP contribution in [-0.4, -0.2) is 62.5 Å². The molecule has 0 bridgehead atoms. The average Bonchev–Trinajstić information content (AvgIpc) is 2.89. The maximum Gasteiger partial charge on any atom is 0.244 e. The van der Waals surface area contributed by atoms with Crippen LogP contribution >= 0.6 is 0 Å². The Kier molecular flexibility index (Phi) is 8.57. The lowest BCUT2D eigenvalue weighted by Crippen LogP contribution is -2.38. The summed E-state index contributed by atoms with van der Waals surface area (Å²) in [6.45, 7) is 10.5. The van der Waals surface area contributed by atoms with Crippen LogP contribution in [0.1, 0.15) is 27.2 Å². The molecule has 1 fully saturated rings. The molecule has 1 aliphatic heterocycles. The highest BCUT2D eigenvalue weighted by Crippen LogP contribution is 2.25. The van der Waals surface area contributed by atoms with Gasteiger partial charge < -0.3 is 26.0 Å². The monoisotopic (exact) mass is 389 g/mol. The van der Waals surface area contributed by atoms with E-state index in [1.165, 1.54) is 0 Å². The van der Waals surface area contributed by atoms with Crippen molar-refractivity contribution in [1.82, 2.24) is 4.90 Å². The van der Waals surface area contributed by atoms with Crippen molar-refractivity contribution >= 4 is 17.4 Å². The van der Waals surface area contributed by atoms with Crippen LogP contribution in [0.2, 0.25) is 0 Å². The fourth-order valence-corrected chi connectivity index (χ4v) is 3.64. The molecule has 0 aromatic heterocycles. The number of carbonyl (C=O) groups is 1. The van der Waals surface area contributed by atoms with E-state index >= 15 is 0 Å². The Labute approximate surface area is 168 Å². The molecule has 1 heterocycles. The molecular weight excluding hydrogens is 354 g/mol. The number of hydrogen-bond acceptors (Lipinski definition) is 5. The number of carbonyl (C=O) groups excluding carboxylic acids is 1. The van der Waals surface area contributed by atoms with Gasteiger partial charge in [0.2, 0.25) is 5.91 Å². The van der Waals surface area contributed by atoms with E-state index in [-0.39, 0.29) is 19.0 Å². The van der Waals surface area contributed by atoms with E-state index in [4.69, 9.17) is 16.2 Å². The van der Waals surface area contributed by atoms with Crippen LogP contribution in [0.4, 0.5) is 5.69 Å². The van der Waals surface area contributed by atoms with Gasteiger partial charge in [0, 0.05) is 31.9 Å². The SMILES string of the molecule is CCOc1ccc(N2CCN(C(=O)CN=C(N)CN)CC(CC(C)C)C2)cc1. The predicted octanol–water partition coefficient (Wildman–Crippen LogP) is 1.71. The summed E-state index contributed by atoms with van der Waals surface area (Å²) in [7, 11) is 0. The second-order valence-electron chi connectivity index (χ2n) is 7.72. The third-order valence-electron chi connectivity index (χ3n) is 4.89. The largest absolute Gasteiger partial charge is 0.494 e. The van der Waals surface area contributed by atoms with Gasteiger partial charge >= 0.3 is 0 Å². The van der Waals surface area contributed by atoms with Gasteiger partial charge in [-0.15, -0.1) is 0 Å². The summed E-state index contributed by atoms with van der Waals surface area (Å²) in [4.78, 5) is 21.0. The zero-order chi connectivity index (χ0) is 20.5. The molecule has 1 unspecified atom stereocenters. The van der Waals surface area contributed by atoms with Crippen molar-refractivity contribution in [3.63, 3.8) is 0 Å². The molecule has 0 saturated carbocycles. The fraction of sp³-hybridized carbons (Fsp3) is 0.619. The summed E-state index contributed by atoms with van der Waals surface area (Å²) in [5.41, 5.74) is 12.3. The molecule has 0 spiro atoms. The van der Waals surface area contributed by atoms with E-state index in [0.717, 1.165) is 37.5 Å². The van der Waals surface area contributed by atoms with Crippen LogP contribution in [0.15, 0.2) is 29.3 Å². The maximum atomic E-state index is 12.6. The molecular formula is C21H35N5O2. The second-order valence-corrected chi connectivity index (χ2v) is 7.72. The zero-order valence-corrected chi connectivity index (χ0v) is 17.4. The number of nitrogens with two attached hydrogens (primary N) is 2. The predicted molar refractivity (Wildman–Crippen MR) is 115 cm³/mol. The first kappa shape index (κ1) is 22.0. The first-order valence-electron chi connectivity index (χ1n) is 10.2. The molecule has 1 atom stereocenters. The van der Waals surface area contributed by atoms with Crippen LogP contribution in [0.5, 0.6) is 5.75 Å². The van der Waals surface area contributed by atoms with Crippen molar-refractivity contribution in [3.05, 3.63) is 24.3 Å². The lowest BCUT2D eigenvalue weighted by Gasteiger charge is -2.27. The van der Waals surface area contributed by atoms with Gasteiger partial charge in [0.05, 0.1) is 13.2 Å². The van der Waals surface area contributed by atoms with Gasteiger partial charge in [-0.1, -0.05) is 13.8 Å². The van der Waals surface area contributed by atoms with Crippen LogP contribution in [0, 0.1) is 11.8 Å². The maximum absolute atomic E-state index is 12.6. The van der Waals surface area contributed by atoms with Crippen molar-refractivity contribution in [3.8, 4) is 5.75 Å². The van der Waals surface area contributed by atoms with Gasteiger partial charge in [0.1, 0.15) is 18.1 Å². The quantitative estimate of drug-likeness (QED) is 0.521. The topological polar surface area (TPSA) is 97.2 Å². The molecule has 0 aliphatic carbocycles. The highest BCUT2D eigenvalue weighted by atomic mass is 16.5. The standard InChI is InChI=1S/C21H35N5O2/c1-4-28-19-7-5-18(6-8-19)25-9-10-26(15-17(14-25)11-16(2)3)21(27)13-24-20(23)12-22/h5-8,16-17H,4,9-15,22H2,1-3H3,(H2,23,24). The Morgan fingerprint density at radius 3 is 2.57 bits per heavy atom. The minimum absolute atomic E-state index is 0.0127. The number of rotatable bonds is 8. The van der Waals surface area contributed by atoms with E-state index in [1.807, 2.05) is 24.0 Å². The molecule has 156 valence electrons. The van der Waals surface area contributed by atoms with Crippen molar-refractivity contribution < 1.29 is 9.53 Å². The summed E-state index contributed by atoms with van der Waals surface area (Å²) in [6.07, 6.45) is 1.07. The molecule has 1 saturated heterocycles. The Bertz CT molecular complexity index is 645. The number of benzene rings is 1. The van der Waals surface area contributed by atoms with E-state index in [9.17, 15) is 4.79 Å². The van der Waals surface area contributed by atoms with E-state index in [0.29, 0.717) is 30.8 Å². The van der Waals surface area contributed by atoms with Gasteiger partial charge in [-0.25, -0.2) is 0 Å². The molecule has 7 nitrogen and oxygen atoms in total. The molecule has 2 rings (SSSR count). The number of nitrogens with zero attached hydrogens (tertiary/aromatic N) is 3. The Balaban J connectivity index is 2.10. The molecule has 28 heavy (non-hydrogen) atoms. The highest BCUT2D eigenvalue weighted by molar-refractivity contribution is 5.86. The molecule has 1 aromatic rings. The molecule has 0 radical (unpaired) electrons. The fourth-order valence-electron chi connectivity index (χ4n) is 3.64. The van der Waals surface area contributed by atoms with Crippen LogP contribution in [-0.2, 0) is 4.79 Å². The first-order chi connectivity index (χ1) is 13.4. The summed E-state index contributed by atoms with van der Waals surface area (Å²) in [5.74, 6) is 2.20. The Morgan fingerprint density at radius 1 is 1.25 bits per heavy atom. The summed E-state index contributed by atoms with van der Waals surface area (Å²) in [6, 6.07) is 8.21. The second kappa shape index (κ2) is 10.9.